The van der Waals surface area contributed by atoms with Crippen LogP contribution in [0.1, 0.15) is 15.9 Å². The van der Waals surface area contributed by atoms with Gasteiger partial charge in [-0.3, -0.25) is 4.79 Å². The predicted molar refractivity (Wildman–Crippen MR) is 95.3 cm³/mol. The molecule has 2 rings (SSSR count). The predicted octanol–water partition coefficient (Wildman–Crippen LogP) is 4.08. The Labute approximate surface area is 148 Å². The topological polar surface area (TPSA) is 65.0 Å². The van der Waals surface area contributed by atoms with Crippen molar-refractivity contribution in [3.8, 4) is 23.0 Å². The molecule has 126 valence electrons. The number of benzene rings is 2. The van der Waals surface area contributed by atoms with Gasteiger partial charge < -0.3 is 19.3 Å². The summed E-state index contributed by atoms with van der Waals surface area (Å²) in [7, 11) is 4.46. The molecule has 0 heterocycles. The minimum Gasteiger partial charge on any atom is -0.502 e. The van der Waals surface area contributed by atoms with Crippen molar-refractivity contribution in [3.05, 3.63) is 52.0 Å². The second-order valence-electron chi connectivity index (χ2n) is 4.82. The molecule has 0 saturated carbocycles. The molecule has 2 aromatic carbocycles. The maximum absolute atomic E-state index is 12.3. The van der Waals surface area contributed by atoms with Gasteiger partial charge in [0.15, 0.2) is 17.3 Å². The number of aromatic hydroxyl groups is 1. The third kappa shape index (κ3) is 3.89. The minimum atomic E-state index is -0.163. The number of rotatable bonds is 6. The van der Waals surface area contributed by atoms with Gasteiger partial charge in [-0.25, -0.2) is 0 Å². The molecule has 0 aliphatic heterocycles. The van der Waals surface area contributed by atoms with Crippen molar-refractivity contribution in [1.82, 2.24) is 0 Å². The van der Waals surface area contributed by atoms with Gasteiger partial charge in [0.25, 0.3) is 0 Å². The molecule has 0 aromatic heterocycles. The van der Waals surface area contributed by atoms with Crippen LogP contribution in [-0.4, -0.2) is 32.2 Å². The molecular weight excluding hydrogens is 376 g/mol. The number of phenols is 1. The SMILES string of the molecule is COc1ccc(C(=O)C=Cc2cc(OC)c(O)c(OC)c2)cc1Br. The molecular formula is C18H17BrO5. The van der Waals surface area contributed by atoms with Gasteiger partial charge in [-0.2, -0.15) is 0 Å². The average molecular weight is 393 g/mol. The molecule has 0 spiro atoms. The van der Waals surface area contributed by atoms with E-state index in [1.807, 2.05) is 0 Å². The Kier molecular flexibility index (Phi) is 5.87. The lowest BCUT2D eigenvalue weighted by molar-refractivity contribution is 0.104. The number of phenolic OH excluding ortho intramolecular Hbond substituents is 1. The maximum Gasteiger partial charge on any atom is 0.200 e. The van der Waals surface area contributed by atoms with Crippen LogP contribution in [0.2, 0.25) is 0 Å². The molecule has 6 heteroatoms. The van der Waals surface area contributed by atoms with E-state index in [-0.39, 0.29) is 23.0 Å². The second kappa shape index (κ2) is 7.88. The van der Waals surface area contributed by atoms with Gasteiger partial charge in [-0.05, 0) is 57.9 Å². The summed E-state index contributed by atoms with van der Waals surface area (Å²) in [4.78, 5) is 12.3. The van der Waals surface area contributed by atoms with Crippen LogP contribution < -0.4 is 14.2 Å². The highest BCUT2D eigenvalue weighted by atomic mass is 79.9. The number of ether oxygens (including phenoxy) is 3. The first-order valence-corrected chi connectivity index (χ1v) is 7.80. The van der Waals surface area contributed by atoms with Crippen molar-refractivity contribution in [2.75, 3.05) is 21.3 Å². The number of halogens is 1. The molecule has 0 bridgehead atoms. The molecule has 5 nitrogen and oxygen atoms in total. The first kappa shape index (κ1) is 17.9. The van der Waals surface area contributed by atoms with E-state index in [2.05, 4.69) is 15.9 Å². The van der Waals surface area contributed by atoms with Crippen molar-refractivity contribution in [2.24, 2.45) is 0 Å². The normalized spacial score (nSPS) is 10.7. The summed E-state index contributed by atoms with van der Waals surface area (Å²) >= 11 is 3.36. The summed E-state index contributed by atoms with van der Waals surface area (Å²) in [5.41, 5.74) is 1.19. The third-order valence-electron chi connectivity index (χ3n) is 3.37. The van der Waals surface area contributed by atoms with Crippen LogP contribution in [0.3, 0.4) is 0 Å². The molecule has 0 aliphatic rings. The fourth-order valence-corrected chi connectivity index (χ4v) is 2.64. The maximum atomic E-state index is 12.3. The van der Waals surface area contributed by atoms with Crippen molar-refractivity contribution < 1.29 is 24.1 Å². The first-order valence-electron chi connectivity index (χ1n) is 7.01. The standard InChI is InChI=1S/C18H17BrO5/c1-22-15-7-5-12(10-13(15)19)14(20)6-4-11-8-16(23-2)18(21)17(9-11)24-3/h4-10,21H,1-3H3. The van der Waals surface area contributed by atoms with E-state index in [9.17, 15) is 9.90 Å². The Morgan fingerprint density at radius 3 is 2.08 bits per heavy atom. The highest BCUT2D eigenvalue weighted by molar-refractivity contribution is 9.10. The summed E-state index contributed by atoms with van der Waals surface area (Å²) in [6.07, 6.45) is 3.07. The third-order valence-corrected chi connectivity index (χ3v) is 3.99. The molecule has 2 aromatic rings. The molecule has 24 heavy (non-hydrogen) atoms. The van der Waals surface area contributed by atoms with Crippen molar-refractivity contribution in [3.63, 3.8) is 0 Å². The van der Waals surface area contributed by atoms with Crippen LogP contribution in [-0.2, 0) is 0 Å². The van der Waals surface area contributed by atoms with Crippen LogP contribution >= 0.6 is 15.9 Å². The molecule has 0 unspecified atom stereocenters. The van der Waals surface area contributed by atoms with E-state index in [0.29, 0.717) is 21.3 Å². The summed E-state index contributed by atoms with van der Waals surface area (Å²) in [5, 5.41) is 9.89. The highest BCUT2D eigenvalue weighted by Crippen LogP contribution is 2.37. The zero-order valence-corrected chi connectivity index (χ0v) is 15.1. The van der Waals surface area contributed by atoms with Gasteiger partial charge in [0.05, 0.1) is 25.8 Å². The summed E-state index contributed by atoms with van der Waals surface area (Å²) < 4.78 is 16.0. The van der Waals surface area contributed by atoms with Crippen molar-refractivity contribution in [2.45, 2.75) is 0 Å². The average Bonchev–Trinajstić information content (AvgIpc) is 2.60. The van der Waals surface area contributed by atoms with Gasteiger partial charge in [0.1, 0.15) is 5.75 Å². The Morgan fingerprint density at radius 2 is 1.58 bits per heavy atom. The molecule has 0 fully saturated rings. The van der Waals surface area contributed by atoms with Crippen LogP contribution in [0.5, 0.6) is 23.0 Å². The Morgan fingerprint density at radius 1 is 1.00 bits per heavy atom. The fourth-order valence-electron chi connectivity index (χ4n) is 2.10. The van der Waals surface area contributed by atoms with Gasteiger partial charge in [-0.1, -0.05) is 6.08 Å². The Bertz CT molecular complexity index is 758. The number of carbonyl (C=O) groups excluding carboxylic acids is 1. The fraction of sp³-hybridized carbons (Fsp3) is 0.167. The molecule has 0 saturated heterocycles. The zero-order valence-electron chi connectivity index (χ0n) is 13.5. The smallest absolute Gasteiger partial charge is 0.200 e. The Hall–Kier alpha value is -2.47. The summed E-state index contributed by atoms with van der Waals surface area (Å²) in [5.74, 6) is 0.956. The number of ketones is 1. The Balaban J connectivity index is 2.27. The van der Waals surface area contributed by atoms with Gasteiger partial charge in [0.2, 0.25) is 5.75 Å². The lowest BCUT2D eigenvalue weighted by atomic mass is 10.1. The van der Waals surface area contributed by atoms with E-state index in [1.54, 1.807) is 43.5 Å². The number of hydrogen-bond acceptors (Lipinski definition) is 5. The van der Waals surface area contributed by atoms with Crippen molar-refractivity contribution in [1.29, 1.82) is 0 Å². The molecule has 0 atom stereocenters. The van der Waals surface area contributed by atoms with E-state index < -0.39 is 0 Å². The van der Waals surface area contributed by atoms with Crippen LogP contribution in [0.25, 0.3) is 6.08 Å². The van der Waals surface area contributed by atoms with Gasteiger partial charge >= 0.3 is 0 Å². The molecule has 0 amide bonds. The van der Waals surface area contributed by atoms with Gasteiger partial charge in [0, 0.05) is 5.56 Å². The summed E-state index contributed by atoms with van der Waals surface area (Å²) in [6, 6.07) is 8.34. The molecule has 0 aliphatic carbocycles. The number of methoxy groups -OCH3 is 3. The van der Waals surface area contributed by atoms with E-state index >= 15 is 0 Å². The number of allylic oxidation sites excluding steroid dienone is 1. The van der Waals surface area contributed by atoms with Crippen LogP contribution in [0.15, 0.2) is 40.9 Å². The highest BCUT2D eigenvalue weighted by Gasteiger charge is 2.11. The van der Waals surface area contributed by atoms with E-state index in [0.717, 1.165) is 0 Å². The molecule has 0 radical (unpaired) electrons. The largest absolute Gasteiger partial charge is 0.502 e. The summed E-state index contributed by atoms with van der Waals surface area (Å²) in [6.45, 7) is 0. The van der Waals surface area contributed by atoms with E-state index in [1.165, 1.54) is 20.3 Å². The monoisotopic (exact) mass is 392 g/mol. The molecule has 1 N–H and O–H groups in total. The first-order chi connectivity index (χ1) is 11.5. The lowest BCUT2D eigenvalue weighted by Crippen LogP contribution is -1.95. The lowest BCUT2D eigenvalue weighted by Gasteiger charge is -2.09. The zero-order chi connectivity index (χ0) is 17.7. The number of carbonyl (C=O) groups is 1. The van der Waals surface area contributed by atoms with Crippen molar-refractivity contribution >= 4 is 27.8 Å². The van der Waals surface area contributed by atoms with E-state index in [4.69, 9.17) is 14.2 Å². The van der Waals surface area contributed by atoms with Crippen LogP contribution in [0.4, 0.5) is 0 Å². The second-order valence-corrected chi connectivity index (χ2v) is 5.68. The number of hydrogen-bond donors (Lipinski definition) is 1. The van der Waals surface area contributed by atoms with Gasteiger partial charge in [-0.15, -0.1) is 0 Å². The van der Waals surface area contributed by atoms with Crippen LogP contribution in [0, 0.1) is 0 Å². The quantitative estimate of drug-likeness (QED) is 0.592. The minimum absolute atomic E-state index is 0.0810.